The van der Waals surface area contributed by atoms with Gasteiger partial charge >= 0.3 is 0 Å². The van der Waals surface area contributed by atoms with Gasteiger partial charge in [-0.3, -0.25) is 9.71 Å². The van der Waals surface area contributed by atoms with Crippen LogP contribution in [0.15, 0.2) is 53.0 Å². The van der Waals surface area contributed by atoms with Gasteiger partial charge in [-0.25, -0.2) is 8.42 Å². The SMILES string of the molecule is CC1=C(c2ccc(C)cc2)S(=O)(=O)NC1=NCc1ccc2c(c1)OCO2. The molecule has 2 heterocycles. The number of nitrogens with zero attached hydrogens (tertiary/aromatic N) is 1. The van der Waals surface area contributed by atoms with E-state index in [1.807, 2.05) is 49.4 Å². The first-order valence-electron chi connectivity index (χ1n) is 8.18. The van der Waals surface area contributed by atoms with Crippen LogP contribution in [0.1, 0.15) is 23.6 Å². The first-order valence-corrected chi connectivity index (χ1v) is 9.66. The van der Waals surface area contributed by atoms with E-state index < -0.39 is 10.0 Å². The van der Waals surface area contributed by atoms with Gasteiger partial charge in [0.15, 0.2) is 11.5 Å². The summed E-state index contributed by atoms with van der Waals surface area (Å²) in [5, 5.41) is 0. The van der Waals surface area contributed by atoms with Gasteiger partial charge in [0.05, 0.1) is 6.54 Å². The van der Waals surface area contributed by atoms with E-state index in [0.717, 1.165) is 11.1 Å². The van der Waals surface area contributed by atoms with Crippen LogP contribution in [-0.2, 0) is 16.6 Å². The standard InChI is InChI=1S/C19H18N2O4S/c1-12-3-6-15(7-4-12)18-13(2)19(21-26(18,22)23)20-10-14-5-8-16-17(9-14)25-11-24-16/h3-9H,10-11H2,1-2H3,(H,20,21). The van der Waals surface area contributed by atoms with Crippen molar-refractivity contribution >= 4 is 20.8 Å². The minimum atomic E-state index is -3.61. The number of aryl methyl sites for hydroxylation is 1. The number of rotatable bonds is 3. The van der Waals surface area contributed by atoms with Crippen molar-refractivity contribution in [1.82, 2.24) is 4.72 Å². The summed E-state index contributed by atoms with van der Waals surface area (Å²) in [6.07, 6.45) is 0. The third-order valence-corrected chi connectivity index (χ3v) is 5.91. The monoisotopic (exact) mass is 370 g/mol. The van der Waals surface area contributed by atoms with Gasteiger partial charge in [-0.1, -0.05) is 35.9 Å². The van der Waals surface area contributed by atoms with Crippen molar-refractivity contribution in [3.8, 4) is 11.5 Å². The van der Waals surface area contributed by atoms with Crippen LogP contribution in [0.2, 0.25) is 0 Å². The predicted octanol–water partition coefficient (Wildman–Crippen LogP) is 2.99. The molecule has 0 amide bonds. The van der Waals surface area contributed by atoms with Gasteiger partial charge in [0.25, 0.3) is 10.0 Å². The number of hydrogen-bond acceptors (Lipinski definition) is 5. The van der Waals surface area contributed by atoms with Crippen molar-refractivity contribution in [2.75, 3.05) is 6.79 Å². The zero-order valence-corrected chi connectivity index (χ0v) is 15.3. The zero-order valence-electron chi connectivity index (χ0n) is 14.4. The van der Waals surface area contributed by atoms with Crippen molar-refractivity contribution in [2.24, 2.45) is 4.99 Å². The fourth-order valence-corrected chi connectivity index (χ4v) is 4.52. The normalized spacial score (nSPS) is 19.1. The summed E-state index contributed by atoms with van der Waals surface area (Å²) in [5.41, 5.74) is 3.27. The van der Waals surface area contributed by atoms with Crippen molar-refractivity contribution in [3.63, 3.8) is 0 Å². The Labute approximate surface area is 152 Å². The molecule has 7 heteroatoms. The largest absolute Gasteiger partial charge is 0.454 e. The smallest absolute Gasteiger partial charge is 0.264 e. The Bertz CT molecular complexity index is 1040. The van der Waals surface area contributed by atoms with Crippen LogP contribution < -0.4 is 14.2 Å². The van der Waals surface area contributed by atoms with Crippen LogP contribution >= 0.6 is 0 Å². The highest BCUT2D eigenvalue weighted by atomic mass is 32.2. The number of fused-ring (bicyclic) bond motifs is 1. The Hall–Kier alpha value is -2.80. The van der Waals surface area contributed by atoms with E-state index in [9.17, 15) is 8.42 Å². The number of sulfonamides is 1. The number of aliphatic imine (C=N–C) groups is 1. The lowest BCUT2D eigenvalue weighted by atomic mass is 10.1. The lowest BCUT2D eigenvalue weighted by molar-refractivity contribution is 0.174. The number of amidine groups is 1. The summed E-state index contributed by atoms with van der Waals surface area (Å²) in [5.74, 6) is 1.77. The predicted molar refractivity (Wildman–Crippen MR) is 99.5 cm³/mol. The molecule has 1 N–H and O–H groups in total. The van der Waals surface area contributed by atoms with Crippen LogP contribution in [0.5, 0.6) is 11.5 Å². The Morgan fingerprint density at radius 3 is 2.54 bits per heavy atom. The summed E-state index contributed by atoms with van der Waals surface area (Å²) in [6, 6.07) is 13.0. The Kier molecular flexibility index (Phi) is 3.96. The fraction of sp³-hybridized carbons (Fsp3) is 0.211. The van der Waals surface area contributed by atoms with Crippen molar-refractivity contribution in [3.05, 3.63) is 64.7 Å². The number of nitrogens with one attached hydrogen (secondary N) is 1. The van der Waals surface area contributed by atoms with E-state index in [2.05, 4.69) is 9.71 Å². The maximum absolute atomic E-state index is 12.5. The van der Waals surface area contributed by atoms with Crippen molar-refractivity contribution in [2.45, 2.75) is 20.4 Å². The molecular weight excluding hydrogens is 352 g/mol. The van der Waals surface area contributed by atoms with Crippen molar-refractivity contribution in [1.29, 1.82) is 0 Å². The summed E-state index contributed by atoms with van der Waals surface area (Å²) in [7, 11) is -3.61. The molecule has 2 aromatic rings. The fourth-order valence-electron chi connectivity index (χ4n) is 3.00. The minimum Gasteiger partial charge on any atom is -0.454 e. The maximum Gasteiger partial charge on any atom is 0.264 e. The lowest BCUT2D eigenvalue weighted by Crippen LogP contribution is -2.23. The van der Waals surface area contributed by atoms with Crippen LogP contribution in [0.3, 0.4) is 0 Å². The molecule has 2 aromatic carbocycles. The first kappa shape index (κ1) is 16.7. The summed E-state index contributed by atoms with van der Waals surface area (Å²) in [4.78, 5) is 4.74. The summed E-state index contributed by atoms with van der Waals surface area (Å²) >= 11 is 0. The van der Waals surface area contributed by atoms with Gasteiger partial charge in [-0.2, -0.15) is 0 Å². The van der Waals surface area contributed by atoms with E-state index in [-0.39, 0.29) is 11.7 Å². The number of benzene rings is 2. The minimum absolute atomic E-state index is 0.217. The van der Waals surface area contributed by atoms with E-state index in [1.54, 1.807) is 6.92 Å². The third kappa shape index (κ3) is 2.94. The molecule has 0 saturated heterocycles. The average Bonchev–Trinajstić information content (AvgIpc) is 3.16. The second kappa shape index (κ2) is 6.17. The Morgan fingerprint density at radius 1 is 1.04 bits per heavy atom. The van der Waals surface area contributed by atoms with Gasteiger partial charge < -0.3 is 9.47 Å². The molecule has 2 aliphatic rings. The third-order valence-electron chi connectivity index (χ3n) is 4.37. The molecule has 134 valence electrons. The summed E-state index contributed by atoms with van der Waals surface area (Å²) < 4.78 is 38.3. The molecule has 0 aromatic heterocycles. The molecule has 0 aliphatic carbocycles. The van der Waals surface area contributed by atoms with Gasteiger partial charge in [0, 0.05) is 5.57 Å². The first-order chi connectivity index (χ1) is 12.4. The molecule has 6 nitrogen and oxygen atoms in total. The van der Waals surface area contributed by atoms with Crippen LogP contribution in [0.4, 0.5) is 0 Å². The Balaban J connectivity index is 1.65. The molecule has 0 atom stereocenters. The molecule has 0 bridgehead atoms. The van der Waals surface area contributed by atoms with E-state index >= 15 is 0 Å². The van der Waals surface area contributed by atoms with E-state index in [4.69, 9.17) is 9.47 Å². The molecule has 0 spiro atoms. The second-order valence-electron chi connectivity index (χ2n) is 6.28. The van der Waals surface area contributed by atoms with Gasteiger partial charge in [0.1, 0.15) is 10.7 Å². The van der Waals surface area contributed by atoms with E-state index in [0.29, 0.717) is 35.0 Å². The number of ether oxygens (including phenoxy) is 2. The molecule has 4 rings (SSSR count). The van der Waals surface area contributed by atoms with Gasteiger partial charge in [-0.15, -0.1) is 0 Å². The molecule has 0 saturated carbocycles. The summed E-state index contributed by atoms with van der Waals surface area (Å²) in [6.45, 7) is 4.29. The van der Waals surface area contributed by atoms with Crippen LogP contribution in [-0.4, -0.2) is 21.0 Å². The topological polar surface area (TPSA) is 77.0 Å². The maximum atomic E-state index is 12.5. The highest BCUT2D eigenvalue weighted by molar-refractivity contribution is 8.00. The molecule has 2 aliphatic heterocycles. The zero-order chi connectivity index (χ0) is 18.3. The van der Waals surface area contributed by atoms with Crippen LogP contribution in [0.25, 0.3) is 4.91 Å². The lowest BCUT2D eigenvalue weighted by Gasteiger charge is -2.03. The molecule has 0 unspecified atom stereocenters. The number of hydrogen-bond donors (Lipinski definition) is 1. The average molecular weight is 370 g/mol. The molecular formula is C19H18N2O4S. The quantitative estimate of drug-likeness (QED) is 0.901. The van der Waals surface area contributed by atoms with Crippen molar-refractivity contribution < 1.29 is 17.9 Å². The van der Waals surface area contributed by atoms with Gasteiger partial charge in [-0.05, 0) is 37.1 Å². The second-order valence-corrected chi connectivity index (χ2v) is 7.90. The molecule has 0 fully saturated rings. The Morgan fingerprint density at radius 2 is 1.77 bits per heavy atom. The molecule has 26 heavy (non-hydrogen) atoms. The van der Waals surface area contributed by atoms with Gasteiger partial charge in [0.2, 0.25) is 6.79 Å². The highest BCUT2D eigenvalue weighted by Crippen LogP contribution is 2.33. The van der Waals surface area contributed by atoms with Crippen LogP contribution in [0, 0.1) is 6.92 Å². The van der Waals surface area contributed by atoms with E-state index in [1.165, 1.54) is 0 Å². The molecule has 0 radical (unpaired) electrons. The highest BCUT2D eigenvalue weighted by Gasteiger charge is 2.32.